The molecule has 0 saturated carbocycles. The molecule has 8 nitrogen and oxygen atoms in total. The average molecular weight is 397 g/mol. The lowest BCUT2D eigenvalue weighted by molar-refractivity contribution is 0.0240. The van der Waals surface area contributed by atoms with Crippen LogP contribution in [0.25, 0.3) is 11.0 Å². The molecule has 1 aromatic carbocycles. The van der Waals surface area contributed by atoms with E-state index in [4.69, 9.17) is 22.2 Å². The molecule has 0 unspecified atom stereocenters. The molecule has 0 atom stereocenters. The van der Waals surface area contributed by atoms with Gasteiger partial charge in [-0.15, -0.1) is 0 Å². The highest BCUT2D eigenvalue weighted by Gasteiger charge is 2.28. The zero-order chi connectivity index (χ0) is 19.8. The Morgan fingerprint density at radius 1 is 1.26 bits per heavy atom. The summed E-state index contributed by atoms with van der Waals surface area (Å²) in [6, 6.07) is 2.73. The highest BCUT2D eigenvalue weighted by atomic mass is 35.5. The molecule has 0 radical (unpaired) electrons. The Kier molecular flexibility index (Phi) is 5.25. The summed E-state index contributed by atoms with van der Waals surface area (Å²) in [5.41, 5.74) is 2.35. The fourth-order valence-corrected chi connectivity index (χ4v) is 3.02. The van der Waals surface area contributed by atoms with Crippen LogP contribution < -0.4 is 16.2 Å². The molecule has 1 aliphatic heterocycles. The van der Waals surface area contributed by atoms with Gasteiger partial charge in [-0.3, -0.25) is 0 Å². The van der Waals surface area contributed by atoms with Gasteiger partial charge in [0.05, 0.1) is 5.52 Å². The second kappa shape index (κ2) is 7.32. The van der Waals surface area contributed by atoms with Crippen LogP contribution in [-0.2, 0) is 4.74 Å². The Morgan fingerprint density at radius 2 is 1.93 bits per heavy atom. The van der Waals surface area contributed by atoms with Crippen LogP contribution in [0, 0.1) is 5.82 Å². The number of nitrogens with one attached hydrogen (secondary N) is 1. The number of piperazine rings is 1. The first kappa shape index (κ1) is 19.4. The molecular formula is C17H22ClFN6O2. The van der Waals surface area contributed by atoms with Gasteiger partial charge in [-0.1, -0.05) is 11.6 Å². The van der Waals surface area contributed by atoms with E-state index < -0.39 is 11.4 Å². The summed E-state index contributed by atoms with van der Waals surface area (Å²) in [5, 5.41) is 0.239. The fraction of sp³-hybridized carbons (Fsp3) is 0.471. The van der Waals surface area contributed by atoms with E-state index in [0.717, 1.165) is 0 Å². The van der Waals surface area contributed by atoms with E-state index >= 15 is 0 Å². The number of hydrogen-bond donors (Lipinski definition) is 2. The van der Waals surface area contributed by atoms with E-state index in [1.54, 1.807) is 11.0 Å². The first-order valence-electron chi connectivity index (χ1n) is 8.54. The van der Waals surface area contributed by atoms with Crippen molar-refractivity contribution in [1.82, 2.24) is 14.9 Å². The van der Waals surface area contributed by atoms with Gasteiger partial charge in [0.15, 0.2) is 17.5 Å². The Labute approximate surface area is 161 Å². The van der Waals surface area contributed by atoms with Crippen LogP contribution in [0.5, 0.6) is 0 Å². The number of ether oxygens (including phenoxy) is 1. The molecule has 1 saturated heterocycles. The number of carbonyl (C=O) groups is 1. The highest BCUT2D eigenvalue weighted by molar-refractivity contribution is 6.31. The summed E-state index contributed by atoms with van der Waals surface area (Å²) in [6.45, 7) is 7.43. The van der Waals surface area contributed by atoms with Crippen LogP contribution >= 0.6 is 11.6 Å². The molecule has 1 aromatic heterocycles. The van der Waals surface area contributed by atoms with Crippen molar-refractivity contribution in [2.24, 2.45) is 5.84 Å². The monoisotopic (exact) mass is 396 g/mol. The van der Waals surface area contributed by atoms with Crippen molar-refractivity contribution in [3.8, 4) is 0 Å². The maximum absolute atomic E-state index is 14.1. The number of benzene rings is 1. The van der Waals surface area contributed by atoms with Gasteiger partial charge in [0.25, 0.3) is 0 Å². The Morgan fingerprint density at radius 3 is 2.52 bits per heavy atom. The number of rotatable bonds is 2. The van der Waals surface area contributed by atoms with Crippen LogP contribution in [-0.4, -0.2) is 52.7 Å². The Balaban J connectivity index is 1.81. The number of aromatic nitrogens is 2. The van der Waals surface area contributed by atoms with Gasteiger partial charge in [-0.25, -0.2) is 25.0 Å². The van der Waals surface area contributed by atoms with Crippen LogP contribution in [0.1, 0.15) is 20.8 Å². The number of hydrazine groups is 1. The lowest BCUT2D eigenvalue weighted by atomic mass is 10.2. The molecule has 146 valence electrons. The molecule has 3 rings (SSSR count). The largest absolute Gasteiger partial charge is 0.444 e. The summed E-state index contributed by atoms with van der Waals surface area (Å²) in [6.07, 6.45) is -0.349. The van der Waals surface area contributed by atoms with E-state index in [1.807, 2.05) is 25.7 Å². The first-order chi connectivity index (χ1) is 12.7. The Bertz CT molecular complexity index is 865. The zero-order valence-electron chi connectivity index (χ0n) is 15.4. The van der Waals surface area contributed by atoms with Crippen molar-refractivity contribution >= 4 is 40.4 Å². The van der Waals surface area contributed by atoms with Crippen molar-refractivity contribution in [3.05, 3.63) is 23.0 Å². The van der Waals surface area contributed by atoms with Crippen LogP contribution in [0.4, 0.5) is 20.8 Å². The van der Waals surface area contributed by atoms with E-state index in [9.17, 15) is 9.18 Å². The molecule has 2 heterocycles. The second-order valence-electron chi connectivity index (χ2n) is 7.25. The SMILES string of the molecule is CC(C)(C)OC(=O)N1CCN(c2nc3cc(Cl)cc(F)c3nc2NN)CC1. The number of nitrogens with two attached hydrogens (primary N) is 1. The third kappa shape index (κ3) is 4.30. The molecule has 1 aliphatic rings. The Hall–Kier alpha value is -2.39. The van der Waals surface area contributed by atoms with E-state index in [0.29, 0.717) is 37.5 Å². The zero-order valence-corrected chi connectivity index (χ0v) is 16.2. The minimum absolute atomic E-state index is 0.0866. The van der Waals surface area contributed by atoms with E-state index in [2.05, 4.69) is 15.4 Å². The lowest BCUT2D eigenvalue weighted by Gasteiger charge is -2.36. The number of nitrogen functional groups attached to an aromatic ring is 1. The molecule has 0 spiro atoms. The van der Waals surface area contributed by atoms with Crippen molar-refractivity contribution in [2.75, 3.05) is 36.5 Å². The minimum Gasteiger partial charge on any atom is -0.444 e. The minimum atomic E-state index is -0.567. The predicted octanol–water partition coefficient (Wildman–Crippen LogP) is 2.77. The summed E-state index contributed by atoms with van der Waals surface area (Å²) < 4.78 is 19.5. The van der Waals surface area contributed by atoms with Gasteiger partial charge in [-0.05, 0) is 32.9 Å². The number of nitrogens with zero attached hydrogens (tertiary/aromatic N) is 4. The van der Waals surface area contributed by atoms with Gasteiger partial charge in [0.2, 0.25) is 0 Å². The fourth-order valence-electron chi connectivity index (χ4n) is 2.82. The van der Waals surface area contributed by atoms with Crippen molar-refractivity contribution < 1.29 is 13.9 Å². The lowest BCUT2D eigenvalue weighted by Crippen LogP contribution is -2.50. The van der Waals surface area contributed by atoms with Crippen LogP contribution in [0.15, 0.2) is 12.1 Å². The maximum Gasteiger partial charge on any atom is 0.410 e. The third-order valence-corrected chi connectivity index (χ3v) is 4.26. The molecule has 1 fully saturated rings. The van der Waals surface area contributed by atoms with Gasteiger partial charge in [0.1, 0.15) is 11.1 Å². The number of fused-ring (bicyclic) bond motifs is 1. The number of carbonyl (C=O) groups excluding carboxylic acids is 1. The summed E-state index contributed by atoms with van der Waals surface area (Å²) in [7, 11) is 0. The summed E-state index contributed by atoms with van der Waals surface area (Å²) >= 11 is 5.92. The first-order valence-corrected chi connectivity index (χ1v) is 8.92. The van der Waals surface area contributed by atoms with E-state index in [-0.39, 0.29) is 22.5 Å². The average Bonchev–Trinajstić information content (AvgIpc) is 2.59. The molecule has 3 N–H and O–H groups in total. The van der Waals surface area contributed by atoms with Gasteiger partial charge >= 0.3 is 6.09 Å². The van der Waals surface area contributed by atoms with Crippen molar-refractivity contribution in [1.29, 1.82) is 0 Å². The predicted molar refractivity (Wildman–Crippen MR) is 102 cm³/mol. The van der Waals surface area contributed by atoms with Crippen LogP contribution in [0.2, 0.25) is 5.02 Å². The van der Waals surface area contributed by atoms with E-state index in [1.165, 1.54) is 6.07 Å². The number of halogens is 2. The molecule has 0 bridgehead atoms. The maximum atomic E-state index is 14.1. The highest BCUT2D eigenvalue weighted by Crippen LogP contribution is 2.28. The smallest absolute Gasteiger partial charge is 0.410 e. The van der Waals surface area contributed by atoms with Crippen molar-refractivity contribution in [2.45, 2.75) is 26.4 Å². The van der Waals surface area contributed by atoms with Crippen LogP contribution in [0.3, 0.4) is 0 Å². The molecule has 0 aliphatic carbocycles. The van der Waals surface area contributed by atoms with Crippen molar-refractivity contribution in [3.63, 3.8) is 0 Å². The quantitative estimate of drug-likeness (QED) is 0.595. The second-order valence-corrected chi connectivity index (χ2v) is 7.69. The van der Waals surface area contributed by atoms with Gasteiger partial charge in [0, 0.05) is 31.2 Å². The summed E-state index contributed by atoms with van der Waals surface area (Å²) in [4.78, 5) is 24.5. The topological polar surface area (TPSA) is 96.6 Å². The third-order valence-electron chi connectivity index (χ3n) is 4.04. The van der Waals surface area contributed by atoms with Gasteiger partial charge in [-0.2, -0.15) is 0 Å². The molecular weight excluding hydrogens is 375 g/mol. The molecule has 1 amide bonds. The van der Waals surface area contributed by atoms with Gasteiger partial charge < -0.3 is 20.0 Å². The molecule has 10 heteroatoms. The molecule has 27 heavy (non-hydrogen) atoms. The number of hydrogen-bond acceptors (Lipinski definition) is 7. The number of amides is 1. The normalized spacial score (nSPS) is 15.2. The standard InChI is InChI=1S/C17H22ClFN6O2/c1-17(2,3)27-16(26)25-6-4-24(5-7-25)15-14(23-20)22-13-11(19)8-10(18)9-12(13)21-15/h8-9H,4-7,20H2,1-3H3,(H,22,23). The number of anilines is 2. The summed E-state index contributed by atoms with van der Waals surface area (Å²) in [5.74, 6) is 5.73. The molecule has 2 aromatic rings.